The van der Waals surface area contributed by atoms with Gasteiger partial charge < -0.3 is 10.6 Å². The molecule has 0 atom stereocenters. The fourth-order valence-electron chi connectivity index (χ4n) is 2.96. The zero-order valence-electron chi connectivity index (χ0n) is 12.0. The van der Waals surface area contributed by atoms with E-state index in [1.54, 1.807) is 0 Å². The molecular weight excluding hydrogens is 285 g/mol. The SMILES string of the molecule is Nc1cccc2c1CCCN2Cc1cc(F)ccc1[N+](=O)[O-]. The van der Waals surface area contributed by atoms with Crippen molar-refractivity contribution in [3.63, 3.8) is 0 Å². The second-order valence-electron chi connectivity index (χ2n) is 5.40. The molecular formula is C16H16FN3O2. The highest BCUT2D eigenvalue weighted by Gasteiger charge is 2.22. The smallest absolute Gasteiger partial charge is 0.274 e. The summed E-state index contributed by atoms with van der Waals surface area (Å²) >= 11 is 0. The van der Waals surface area contributed by atoms with Crippen molar-refractivity contribution in [3.05, 3.63) is 63.5 Å². The van der Waals surface area contributed by atoms with E-state index in [1.807, 2.05) is 23.1 Å². The fraction of sp³-hybridized carbons (Fsp3) is 0.250. The minimum atomic E-state index is -0.473. The van der Waals surface area contributed by atoms with E-state index in [1.165, 1.54) is 12.1 Å². The third-order valence-corrected chi connectivity index (χ3v) is 3.98. The molecule has 0 amide bonds. The standard InChI is InChI=1S/C16H16FN3O2/c17-12-6-7-15(20(21)22)11(9-12)10-19-8-2-3-13-14(18)4-1-5-16(13)19/h1,4-7,9H,2-3,8,10,18H2. The summed E-state index contributed by atoms with van der Waals surface area (Å²) in [6, 6.07) is 9.24. The number of nitro groups is 1. The van der Waals surface area contributed by atoms with E-state index in [4.69, 9.17) is 5.73 Å². The predicted molar refractivity (Wildman–Crippen MR) is 83.3 cm³/mol. The molecule has 6 heteroatoms. The Bertz CT molecular complexity index is 733. The lowest BCUT2D eigenvalue weighted by atomic mass is 9.99. The average Bonchev–Trinajstić information content (AvgIpc) is 2.48. The number of nitrogen functional groups attached to an aromatic ring is 1. The summed E-state index contributed by atoms with van der Waals surface area (Å²) in [5, 5.41) is 11.1. The van der Waals surface area contributed by atoms with Gasteiger partial charge in [0.25, 0.3) is 5.69 Å². The molecule has 114 valence electrons. The summed E-state index contributed by atoms with van der Waals surface area (Å²) in [7, 11) is 0. The van der Waals surface area contributed by atoms with Crippen molar-refractivity contribution in [1.82, 2.24) is 0 Å². The lowest BCUT2D eigenvalue weighted by Gasteiger charge is -2.32. The Labute approximate surface area is 127 Å². The number of nitro benzene ring substituents is 1. The second kappa shape index (κ2) is 5.63. The van der Waals surface area contributed by atoms with Gasteiger partial charge in [-0.3, -0.25) is 10.1 Å². The molecule has 2 N–H and O–H groups in total. The number of hydrogen-bond donors (Lipinski definition) is 1. The van der Waals surface area contributed by atoms with Crippen molar-refractivity contribution in [1.29, 1.82) is 0 Å². The Morgan fingerprint density at radius 1 is 1.32 bits per heavy atom. The van der Waals surface area contributed by atoms with Crippen molar-refractivity contribution >= 4 is 17.1 Å². The molecule has 2 aromatic carbocycles. The van der Waals surface area contributed by atoms with Crippen LogP contribution in [0.3, 0.4) is 0 Å². The molecule has 22 heavy (non-hydrogen) atoms. The number of nitrogens with zero attached hydrogens (tertiary/aromatic N) is 2. The molecule has 0 saturated heterocycles. The molecule has 5 nitrogen and oxygen atoms in total. The maximum Gasteiger partial charge on any atom is 0.274 e. The van der Waals surface area contributed by atoms with Crippen LogP contribution in [0.4, 0.5) is 21.5 Å². The predicted octanol–water partition coefficient (Wildman–Crippen LogP) is 3.27. The van der Waals surface area contributed by atoms with Crippen LogP contribution in [0.5, 0.6) is 0 Å². The molecule has 2 aromatic rings. The Kier molecular flexibility index (Phi) is 3.66. The van der Waals surface area contributed by atoms with Gasteiger partial charge in [0.2, 0.25) is 0 Å². The largest absolute Gasteiger partial charge is 0.398 e. The first-order valence-corrected chi connectivity index (χ1v) is 7.11. The molecule has 1 aliphatic rings. The number of anilines is 2. The number of fused-ring (bicyclic) bond motifs is 1. The zero-order valence-corrected chi connectivity index (χ0v) is 12.0. The first-order valence-electron chi connectivity index (χ1n) is 7.11. The highest BCUT2D eigenvalue weighted by molar-refractivity contribution is 5.66. The average molecular weight is 301 g/mol. The van der Waals surface area contributed by atoms with Gasteiger partial charge in [-0.05, 0) is 42.7 Å². The van der Waals surface area contributed by atoms with E-state index < -0.39 is 10.7 Å². The topological polar surface area (TPSA) is 72.4 Å². The summed E-state index contributed by atoms with van der Waals surface area (Å²) in [6.45, 7) is 1.06. The molecule has 0 saturated carbocycles. The molecule has 0 fully saturated rings. The molecule has 1 heterocycles. The van der Waals surface area contributed by atoms with Crippen LogP contribution in [0.25, 0.3) is 0 Å². The van der Waals surface area contributed by atoms with Crippen LogP contribution in [0.15, 0.2) is 36.4 Å². The van der Waals surface area contributed by atoms with Gasteiger partial charge in [0.05, 0.1) is 10.5 Å². The van der Waals surface area contributed by atoms with Gasteiger partial charge in [0.15, 0.2) is 0 Å². The maximum absolute atomic E-state index is 13.5. The van der Waals surface area contributed by atoms with Crippen LogP contribution in [-0.2, 0) is 13.0 Å². The van der Waals surface area contributed by atoms with E-state index >= 15 is 0 Å². The molecule has 0 unspecified atom stereocenters. The summed E-state index contributed by atoms with van der Waals surface area (Å²) in [6.07, 6.45) is 1.81. The van der Waals surface area contributed by atoms with Crippen molar-refractivity contribution < 1.29 is 9.31 Å². The summed E-state index contributed by atoms with van der Waals surface area (Å²) in [5.74, 6) is -0.467. The number of hydrogen-bond acceptors (Lipinski definition) is 4. The summed E-state index contributed by atoms with van der Waals surface area (Å²) < 4.78 is 13.5. The van der Waals surface area contributed by atoms with E-state index in [-0.39, 0.29) is 5.69 Å². The lowest BCUT2D eigenvalue weighted by molar-refractivity contribution is -0.385. The van der Waals surface area contributed by atoms with Crippen LogP contribution in [0.1, 0.15) is 17.5 Å². The Balaban J connectivity index is 1.97. The minimum absolute atomic E-state index is 0.0579. The Morgan fingerprint density at radius 2 is 2.14 bits per heavy atom. The number of halogens is 1. The van der Waals surface area contributed by atoms with Crippen molar-refractivity contribution in [3.8, 4) is 0 Å². The Morgan fingerprint density at radius 3 is 2.91 bits per heavy atom. The van der Waals surface area contributed by atoms with Gasteiger partial charge in [0, 0.05) is 30.5 Å². The third kappa shape index (κ3) is 2.59. The van der Waals surface area contributed by atoms with Crippen molar-refractivity contribution in [2.75, 3.05) is 17.2 Å². The molecule has 3 rings (SSSR count). The van der Waals surface area contributed by atoms with E-state index in [0.29, 0.717) is 12.1 Å². The first-order chi connectivity index (χ1) is 10.6. The van der Waals surface area contributed by atoms with Gasteiger partial charge in [-0.1, -0.05) is 6.07 Å². The van der Waals surface area contributed by atoms with Gasteiger partial charge in [0.1, 0.15) is 5.82 Å². The molecule has 0 spiro atoms. The minimum Gasteiger partial charge on any atom is -0.398 e. The van der Waals surface area contributed by atoms with Crippen LogP contribution in [0, 0.1) is 15.9 Å². The fourth-order valence-corrected chi connectivity index (χ4v) is 2.96. The first kappa shape index (κ1) is 14.3. The van der Waals surface area contributed by atoms with Crippen LogP contribution in [0.2, 0.25) is 0 Å². The molecule has 0 aromatic heterocycles. The highest BCUT2D eigenvalue weighted by Crippen LogP contribution is 2.33. The van der Waals surface area contributed by atoms with Crippen molar-refractivity contribution in [2.45, 2.75) is 19.4 Å². The quantitative estimate of drug-likeness (QED) is 0.536. The van der Waals surface area contributed by atoms with E-state index in [9.17, 15) is 14.5 Å². The van der Waals surface area contributed by atoms with Crippen molar-refractivity contribution in [2.24, 2.45) is 0 Å². The number of rotatable bonds is 3. The number of benzene rings is 2. The third-order valence-electron chi connectivity index (χ3n) is 3.98. The zero-order chi connectivity index (χ0) is 15.7. The molecule has 0 bridgehead atoms. The number of nitrogens with two attached hydrogens (primary N) is 1. The van der Waals surface area contributed by atoms with Gasteiger partial charge in [-0.2, -0.15) is 0 Å². The van der Waals surface area contributed by atoms with E-state index in [2.05, 4.69) is 0 Å². The lowest BCUT2D eigenvalue weighted by Crippen LogP contribution is -2.29. The van der Waals surface area contributed by atoms with Crippen LogP contribution >= 0.6 is 0 Å². The molecule has 0 aliphatic carbocycles. The maximum atomic E-state index is 13.5. The summed E-state index contributed by atoms with van der Waals surface area (Å²) in [5.41, 5.74) is 9.09. The highest BCUT2D eigenvalue weighted by atomic mass is 19.1. The van der Waals surface area contributed by atoms with Crippen LogP contribution < -0.4 is 10.6 Å². The van der Waals surface area contributed by atoms with Crippen LogP contribution in [-0.4, -0.2) is 11.5 Å². The summed E-state index contributed by atoms with van der Waals surface area (Å²) in [4.78, 5) is 12.7. The second-order valence-corrected chi connectivity index (χ2v) is 5.40. The van der Waals surface area contributed by atoms with Gasteiger partial charge in [-0.15, -0.1) is 0 Å². The normalized spacial score (nSPS) is 13.8. The molecule has 0 radical (unpaired) electrons. The molecule has 1 aliphatic heterocycles. The van der Waals surface area contributed by atoms with Gasteiger partial charge >= 0.3 is 0 Å². The van der Waals surface area contributed by atoms with E-state index in [0.717, 1.165) is 42.4 Å². The monoisotopic (exact) mass is 301 g/mol. The van der Waals surface area contributed by atoms with Gasteiger partial charge in [-0.25, -0.2) is 4.39 Å². The Hall–Kier alpha value is -2.63.